The molecule has 0 atom stereocenters. The maximum atomic E-state index is 11.8. The number of aromatic nitrogens is 2. The fraction of sp³-hybridized carbons (Fsp3) is 0.267. The summed E-state index contributed by atoms with van der Waals surface area (Å²) in [5.41, 5.74) is 6.40. The molecule has 0 fully saturated rings. The minimum Gasteiger partial charge on any atom is -0.349 e. The molecule has 0 spiro atoms. The SMILES string of the molecule is CCn1c(C)cc(/C=N\NC(=O)c2ccncc2)c1C. The molecule has 0 bridgehead atoms. The Morgan fingerprint density at radius 1 is 1.40 bits per heavy atom. The Balaban J connectivity index is 2.06. The minimum atomic E-state index is -0.243. The van der Waals surface area contributed by atoms with E-state index in [1.807, 2.05) is 6.92 Å². The van der Waals surface area contributed by atoms with E-state index in [4.69, 9.17) is 0 Å². The highest BCUT2D eigenvalue weighted by Crippen LogP contribution is 2.12. The number of hydrogen-bond acceptors (Lipinski definition) is 3. The van der Waals surface area contributed by atoms with Crippen molar-refractivity contribution in [2.75, 3.05) is 0 Å². The number of carbonyl (C=O) groups is 1. The lowest BCUT2D eigenvalue weighted by molar-refractivity contribution is 0.0955. The third kappa shape index (κ3) is 2.93. The van der Waals surface area contributed by atoms with Crippen LogP contribution in [-0.4, -0.2) is 21.7 Å². The third-order valence-corrected chi connectivity index (χ3v) is 3.24. The van der Waals surface area contributed by atoms with E-state index in [0.29, 0.717) is 5.56 Å². The summed E-state index contributed by atoms with van der Waals surface area (Å²) in [5, 5.41) is 4.01. The zero-order chi connectivity index (χ0) is 14.5. The van der Waals surface area contributed by atoms with Crippen LogP contribution < -0.4 is 5.43 Å². The number of rotatable bonds is 4. The van der Waals surface area contributed by atoms with Crippen molar-refractivity contribution in [2.45, 2.75) is 27.3 Å². The van der Waals surface area contributed by atoms with Gasteiger partial charge in [-0.1, -0.05) is 0 Å². The molecule has 104 valence electrons. The molecule has 2 aromatic heterocycles. The molecule has 0 radical (unpaired) electrons. The average molecular weight is 270 g/mol. The monoisotopic (exact) mass is 270 g/mol. The van der Waals surface area contributed by atoms with Crippen LogP contribution in [0, 0.1) is 13.8 Å². The van der Waals surface area contributed by atoms with Gasteiger partial charge in [0.2, 0.25) is 0 Å². The molecule has 20 heavy (non-hydrogen) atoms. The molecule has 2 heterocycles. The summed E-state index contributed by atoms with van der Waals surface area (Å²) < 4.78 is 2.20. The molecule has 0 aliphatic heterocycles. The van der Waals surface area contributed by atoms with Crippen molar-refractivity contribution in [2.24, 2.45) is 5.10 Å². The molecule has 1 N–H and O–H groups in total. The first kappa shape index (κ1) is 14.0. The van der Waals surface area contributed by atoms with Gasteiger partial charge in [0.15, 0.2) is 0 Å². The molecule has 2 rings (SSSR count). The van der Waals surface area contributed by atoms with Gasteiger partial charge < -0.3 is 4.57 Å². The van der Waals surface area contributed by atoms with E-state index in [-0.39, 0.29) is 5.91 Å². The highest BCUT2D eigenvalue weighted by molar-refractivity contribution is 5.94. The van der Waals surface area contributed by atoms with Crippen LogP contribution in [0.15, 0.2) is 35.7 Å². The lowest BCUT2D eigenvalue weighted by Gasteiger charge is -2.04. The summed E-state index contributed by atoms with van der Waals surface area (Å²) in [6, 6.07) is 5.35. The number of amides is 1. The summed E-state index contributed by atoms with van der Waals surface area (Å²) in [5.74, 6) is -0.243. The molecule has 0 aromatic carbocycles. The first-order valence-electron chi connectivity index (χ1n) is 6.53. The van der Waals surface area contributed by atoms with Crippen molar-refractivity contribution in [1.29, 1.82) is 0 Å². The first-order valence-corrected chi connectivity index (χ1v) is 6.53. The fourth-order valence-corrected chi connectivity index (χ4v) is 2.17. The Morgan fingerprint density at radius 3 is 2.70 bits per heavy atom. The number of hydrogen-bond donors (Lipinski definition) is 1. The predicted octanol–water partition coefficient (Wildman–Crippen LogP) is 2.28. The van der Waals surface area contributed by atoms with E-state index < -0.39 is 0 Å². The normalized spacial score (nSPS) is 10.9. The Kier molecular flexibility index (Phi) is 4.30. The van der Waals surface area contributed by atoms with Crippen LogP contribution in [0.4, 0.5) is 0 Å². The van der Waals surface area contributed by atoms with Crippen LogP contribution in [0.2, 0.25) is 0 Å². The minimum absolute atomic E-state index is 0.243. The molecule has 2 aromatic rings. The second-order valence-corrected chi connectivity index (χ2v) is 4.51. The van der Waals surface area contributed by atoms with Gasteiger partial charge in [-0.15, -0.1) is 0 Å². The fourth-order valence-electron chi connectivity index (χ4n) is 2.17. The van der Waals surface area contributed by atoms with Gasteiger partial charge in [-0.25, -0.2) is 5.43 Å². The summed E-state index contributed by atoms with van der Waals surface area (Å²) in [7, 11) is 0. The number of aryl methyl sites for hydroxylation is 1. The average Bonchev–Trinajstić information content (AvgIpc) is 2.74. The molecule has 5 nitrogen and oxygen atoms in total. The van der Waals surface area contributed by atoms with Gasteiger partial charge in [-0.3, -0.25) is 9.78 Å². The summed E-state index contributed by atoms with van der Waals surface area (Å²) in [4.78, 5) is 15.7. The largest absolute Gasteiger partial charge is 0.349 e. The Labute approximate surface area is 118 Å². The third-order valence-electron chi connectivity index (χ3n) is 3.24. The number of nitrogens with one attached hydrogen (secondary N) is 1. The molecular formula is C15H18N4O. The van der Waals surface area contributed by atoms with Gasteiger partial charge in [0.1, 0.15) is 0 Å². The molecule has 5 heteroatoms. The standard InChI is InChI=1S/C15H18N4O/c1-4-19-11(2)9-14(12(19)3)10-17-18-15(20)13-5-7-16-8-6-13/h5-10H,4H2,1-3H3,(H,18,20)/b17-10-. The zero-order valence-corrected chi connectivity index (χ0v) is 11.9. The Hall–Kier alpha value is -2.43. The van der Waals surface area contributed by atoms with E-state index in [2.05, 4.69) is 40.0 Å². The second kappa shape index (κ2) is 6.14. The lowest BCUT2D eigenvalue weighted by atomic mass is 10.2. The maximum absolute atomic E-state index is 11.8. The van der Waals surface area contributed by atoms with Crippen molar-refractivity contribution in [3.63, 3.8) is 0 Å². The maximum Gasteiger partial charge on any atom is 0.271 e. The molecule has 0 unspecified atom stereocenters. The van der Waals surface area contributed by atoms with Crippen molar-refractivity contribution >= 4 is 12.1 Å². The summed E-state index contributed by atoms with van der Waals surface area (Å²) >= 11 is 0. The molecule has 1 amide bonds. The van der Waals surface area contributed by atoms with Gasteiger partial charge in [0.05, 0.1) is 6.21 Å². The van der Waals surface area contributed by atoms with Crippen LogP contribution >= 0.6 is 0 Å². The van der Waals surface area contributed by atoms with Gasteiger partial charge in [0, 0.05) is 41.5 Å². The van der Waals surface area contributed by atoms with Crippen LogP contribution in [0.3, 0.4) is 0 Å². The predicted molar refractivity (Wildman–Crippen MR) is 78.9 cm³/mol. The molecule has 0 saturated carbocycles. The van der Waals surface area contributed by atoms with E-state index in [9.17, 15) is 4.79 Å². The van der Waals surface area contributed by atoms with Crippen LogP contribution in [-0.2, 0) is 6.54 Å². The molecule has 0 aliphatic carbocycles. The van der Waals surface area contributed by atoms with Crippen molar-refractivity contribution in [3.05, 3.63) is 53.1 Å². The van der Waals surface area contributed by atoms with Crippen LogP contribution in [0.25, 0.3) is 0 Å². The highest BCUT2D eigenvalue weighted by Gasteiger charge is 2.06. The van der Waals surface area contributed by atoms with Gasteiger partial charge in [0.25, 0.3) is 5.91 Å². The highest BCUT2D eigenvalue weighted by atomic mass is 16.2. The zero-order valence-electron chi connectivity index (χ0n) is 11.9. The van der Waals surface area contributed by atoms with Gasteiger partial charge in [-0.05, 0) is 39.0 Å². The van der Waals surface area contributed by atoms with Crippen molar-refractivity contribution in [1.82, 2.24) is 15.0 Å². The van der Waals surface area contributed by atoms with Crippen molar-refractivity contribution < 1.29 is 4.79 Å². The second-order valence-electron chi connectivity index (χ2n) is 4.51. The summed E-state index contributed by atoms with van der Waals surface area (Å²) in [6.45, 7) is 7.13. The van der Waals surface area contributed by atoms with Crippen molar-refractivity contribution in [3.8, 4) is 0 Å². The number of nitrogens with zero attached hydrogens (tertiary/aromatic N) is 3. The number of carbonyl (C=O) groups excluding carboxylic acids is 1. The smallest absolute Gasteiger partial charge is 0.271 e. The topological polar surface area (TPSA) is 59.3 Å². The first-order chi connectivity index (χ1) is 9.63. The molecular weight excluding hydrogens is 252 g/mol. The van der Waals surface area contributed by atoms with E-state index in [1.165, 1.54) is 5.69 Å². The quantitative estimate of drug-likeness (QED) is 0.684. The van der Waals surface area contributed by atoms with E-state index >= 15 is 0 Å². The number of hydrazone groups is 1. The summed E-state index contributed by atoms with van der Waals surface area (Å²) in [6.07, 6.45) is 4.83. The molecule has 0 saturated heterocycles. The van der Waals surface area contributed by atoms with Crippen LogP contribution in [0.1, 0.15) is 34.2 Å². The van der Waals surface area contributed by atoms with Crippen LogP contribution in [0.5, 0.6) is 0 Å². The number of pyridine rings is 1. The van der Waals surface area contributed by atoms with Gasteiger partial charge in [-0.2, -0.15) is 5.10 Å². The lowest BCUT2D eigenvalue weighted by Crippen LogP contribution is -2.17. The Bertz CT molecular complexity index is 629. The van der Waals surface area contributed by atoms with E-state index in [0.717, 1.165) is 17.8 Å². The van der Waals surface area contributed by atoms with E-state index in [1.54, 1.807) is 30.7 Å². The molecule has 0 aliphatic rings. The Morgan fingerprint density at radius 2 is 2.10 bits per heavy atom. The van der Waals surface area contributed by atoms with Gasteiger partial charge >= 0.3 is 0 Å².